The third kappa shape index (κ3) is 4.97. The maximum atomic E-state index is 12.5. The smallest absolute Gasteiger partial charge is 0.297 e. The van der Waals surface area contributed by atoms with E-state index in [1.54, 1.807) is 31.4 Å². The van der Waals surface area contributed by atoms with Crippen molar-refractivity contribution in [1.82, 2.24) is 9.97 Å². The Morgan fingerprint density at radius 3 is 2.36 bits per heavy atom. The molecule has 0 N–H and O–H groups in total. The summed E-state index contributed by atoms with van der Waals surface area (Å²) in [5, 5.41) is 0.861. The van der Waals surface area contributed by atoms with Crippen LogP contribution in [-0.4, -0.2) is 45.7 Å². The van der Waals surface area contributed by atoms with E-state index >= 15 is 0 Å². The Bertz CT molecular complexity index is 1370. The molecule has 7 nitrogen and oxygen atoms in total. The van der Waals surface area contributed by atoms with Gasteiger partial charge in [-0.05, 0) is 43.3 Å². The molecule has 0 saturated carbocycles. The molecule has 0 aliphatic rings. The van der Waals surface area contributed by atoms with E-state index in [9.17, 15) is 8.42 Å². The van der Waals surface area contributed by atoms with E-state index in [0.717, 1.165) is 22.0 Å². The maximum Gasteiger partial charge on any atom is 0.297 e. The van der Waals surface area contributed by atoms with Crippen LogP contribution in [0.5, 0.6) is 5.75 Å². The number of benzene rings is 3. The number of anilines is 1. The van der Waals surface area contributed by atoms with Crippen LogP contribution in [0, 0.1) is 6.92 Å². The molecule has 0 fully saturated rings. The van der Waals surface area contributed by atoms with Gasteiger partial charge in [-0.1, -0.05) is 42.0 Å². The Kier molecular flexibility index (Phi) is 6.57. The lowest BCUT2D eigenvalue weighted by atomic mass is 10.1. The maximum absolute atomic E-state index is 12.5. The lowest BCUT2D eigenvalue weighted by Gasteiger charge is -2.21. The summed E-state index contributed by atoms with van der Waals surface area (Å²) >= 11 is 0. The topological polar surface area (TPSA) is 81.6 Å². The number of nitrogens with zero attached hydrogens (tertiary/aromatic N) is 3. The van der Waals surface area contributed by atoms with Gasteiger partial charge in [-0.3, -0.25) is 4.18 Å². The van der Waals surface area contributed by atoms with Crippen molar-refractivity contribution < 1.29 is 17.3 Å². The molecule has 0 amide bonds. The predicted molar refractivity (Wildman–Crippen MR) is 129 cm³/mol. The molecule has 4 rings (SSSR count). The van der Waals surface area contributed by atoms with Crippen LogP contribution in [0.3, 0.4) is 0 Å². The van der Waals surface area contributed by atoms with Crippen LogP contribution >= 0.6 is 0 Å². The fraction of sp³-hybridized carbons (Fsp3) is 0.200. The van der Waals surface area contributed by atoms with Crippen LogP contribution in [0.4, 0.5) is 5.82 Å². The standard InChI is InChI=1S/C25H25N3O4S/c1-18-12-14-19(15-13-18)33(29,30)32-17-16-28(2)25-20-8-4-6-10-22(20)26-24(27-25)21-9-5-7-11-23(21)31-3/h4-15H,16-17H2,1-3H3. The lowest BCUT2D eigenvalue weighted by Crippen LogP contribution is -2.25. The van der Waals surface area contributed by atoms with Crippen molar-refractivity contribution in [3.05, 3.63) is 78.4 Å². The Labute approximate surface area is 193 Å². The molecule has 0 atom stereocenters. The third-order valence-electron chi connectivity index (χ3n) is 5.27. The highest BCUT2D eigenvalue weighted by Crippen LogP contribution is 2.31. The number of hydrogen-bond donors (Lipinski definition) is 0. The number of aromatic nitrogens is 2. The molecule has 0 aliphatic carbocycles. The van der Waals surface area contributed by atoms with Gasteiger partial charge in [0.05, 0.1) is 29.7 Å². The summed E-state index contributed by atoms with van der Waals surface area (Å²) in [6, 6.07) is 21.9. The number of hydrogen-bond acceptors (Lipinski definition) is 7. The molecule has 8 heteroatoms. The van der Waals surface area contributed by atoms with Gasteiger partial charge in [0.2, 0.25) is 0 Å². The Morgan fingerprint density at radius 2 is 1.61 bits per heavy atom. The number of aryl methyl sites for hydroxylation is 1. The quantitative estimate of drug-likeness (QED) is 0.357. The second-order valence-electron chi connectivity index (χ2n) is 7.60. The van der Waals surface area contributed by atoms with E-state index < -0.39 is 10.1 Å². The SMILES string of the molecule is COc1ccccc1-c1nc(N(C)CCOS(=O)(=O)c2ccc(C)cc2)c2ccccc2n1. The zero-order chi connectivity index (χ0) is 23.4. The summed E-state index contributed by atoms with van der Waals surface area (Å²) in [7, 11) is -0.374. The minimum Gasteiger partial charge on any atom is -0.496 e. The summed E-state index contributed by atoms with van der Waals surface area (Å²) < 4.78 is 35.8. The predicted octanol–water partition coefficient (Wildman–Crippen LogP) is 4.46. The van der Waals surface area contributed by atoms with E-state index in [0.29, 0.717) is 23.9 Å². The average molecular weight is 464 g/mol. The first-order chi connectivity index (χ1) is 15.9. The molecule has 0 unspecified atom stereocenters. The first-order valence-corrected chi connectivity index (χ1v) is 11.9. The monoisotopic (exact) mass is 463 g/mol. The second kappa shape index (κ2) is 9.56. The van der Waals surface area contributed by atoms with Crippen molar-refractivity contribution in [1.29, 1.82) is 0 Å². The minimum absolute atomic E-state index is 0.0188. The van der Waals surface area contributed by atoms with Crippen LogP contribution in [0.15, 0.2) is 77.7 Å². The third-order valence-corrected chi connectivity index (χ3v) is 6.59. The highest BCUT2D eigenvalue weighted by atomic mass is 32.2. The molecular formula is C25H25N3O4S. The molecule has 33 heavy (non-hydrogen) atoms. The summed E-state index contributed by atoms with van der Waals surface area (Å²) in [6.07, 6.45) is 0. The average Bonchev–Trinajstić information content (AvgIpc) is 2.83. The van der Waals surface area contributed by atoms with Gasteiger partial charge in [0, 0.05) is 19.0 Å². The van der Waals surface area contributed by atoms with Crippen molar-refractivity contribution in [2.45, 2.75) is 11.8 Å². The molecule has 0 spiro atoms. The Balaban J connectivity index is 1.60. The number of para-hydroxylation sites is 2. The van der Waals surface area contributed by atoms with Gasteiger partial charge in [0.1, 0.15) is 11.6 Å². The first-order valence-electron chi connectivity index (χ1n) is 10.5. The van der Waals surface area contributed by atoms with E-state index in [1.165, 1.54) is 0 Å². The number of ether oxygens (including phenoxy) is 1. The zero-order valence-electron chi connectivity index (χ0n) is 18.7. The molecule has 3 aromatic carbocycles. The van der Waals surface area contributed by atoms with Crippen molar-refractivity contribution in [3.63, 3.8) is 0 Å². The van der Waals surface area contributed by atoms with Crippen molar-refractivity contribution in [3.8, 4) is 17.1 Å². The van der Waals surface area contributed by atoms with Gasteiger partial charge < -0.3 is 9.64 Å². The van der Waals surface area contributed by atoms with Crippen molar-refractivity contribution in [2.75, 3.05) is 32.2 Å². The van der Waals surface area contributed by atoms with Gasteiger partial charge in [-0.2, -0.15) is 8.42 Å². The molecule has 170 valence electrons. The van der Waals surface area contributed by atoms with Gasteiger partial charge in [-0.15, -0.1) is 0 Å². The number of rotatable bonds is 8. The van der Waals surface area contributed by atoms with Gasteiger partial charge in [0.15, 0.2) is 5.82 Å². The Hall–Kier alpha value is -3.49. The second-order valence-corrected chi connectivity index (χ2v) is 9.21. The summed E-state index contributed by atoms with van der Waals surface area (Å²) in [4.78, 5) is 11.5. The van der Waals surface area contributed by atoms with Crippen molar-refractivity contribution in [2.24, 2.45) is 0 Å². The van der Waals surface area contributed by atoms with Crippen LogP contribution in [0.1, 0.15) is 5.56 Å². The van der Waals surface area contributed by atoms with Gasteiger partial charge >= 0.3 is 0 Å². The zero-order valence-corrected chi connectivity index (χ0v) is 19.5. The molecule has 0 saturated heterocycles. The van der Waals surface area contributed by atoms with E-state index in [-0.39, 0.29) is 11.5 Å². The van der Waals surface area contributed by atoms with Crippen LogP contribution in [-0.2, 0) is 14.3 Å². The fourth-order valence-electron chi connectivity index (χ4n) is 3.46. The highest BCUT2D eigenvalue weighted by molar-refractivity contribution is 7.86. The van der Waals surface area contributed by atoms with Crippen LogP contribution < -0.4 is 9.64 Å². The fourth-order valence-corrected chi connectivity index (χ4v) is 4.36. The van der Waals surface area contributed by atoms with E-state index in [2.05, 4.69) is 0 Å². The highest BCUT2D eigenvalue weighted by Gasteiger charge is 2.18. The number of fused-ring (bicyclic) bond motifs is 1. The minimum atomic E-state index is -3.83. The van der Waals surface area contributed by atoms with Crippen LogP contribution in [0.25, 0.3) is 22.3 Å². The van der Waals surface area contributed by atoms with Gasteiger partial charge in [-0.25, -0.2) is 9.97 Å². The molecule has 4 aromatic rings. The summed E-state index contributed by atoms with van der Waals surface area (Å²) in [5.74, 6) is 1.88. The molecule has 0 aliphatic heterocycles. The number of likely N-dealkylation sites (N-methyl/N-ethyl adjacent to an activating group) is 1. The molecule has 0 radical (unpaired) electrons. The number of methoxy groups -OCH3 is 1. The molecule has 0 bridgehead atoms. The van der Waals surface area contributed by atoms with Crippen LogP contribution in [0.2, 0.25) is 0 Å². The van der Waals surface area contributed by atoms with Crippen molar-refractivity contribution >= 4 is 26.8 Å². The molecular weight excluding hydrogens is 438 g/mol. The lowest BCUT2D eigenvalue weighted by molar-refractivity contribution is 0.325. The Morgan fingerprint density at radius 1 is 0.909 bits per heavy atom. The van der Waals surface area contributed by atoms with Gasteiger partial charge in [0.25, 0.3) is 10.1 Å². The molecule has 1 heterocycles. The summed E-state index contributed by atoms with van der Waals surface area (Å²) in [6.45, 7) is 2.20. The van der Waals surface area contributed by atoms with E-state index in [4.69, 9.17) is 18.9 Å². The largest absolute Gasteiger partial charge is 0.496 e. The van der Waals surface area contributed by atoms with E-state index in [1.807, 2.05) is 67.4 Å². The first kappa shape index (κ1) is 22.7. The normalized spacial score (nSPS) is 11.5. The molecule has 1 aromatic heterocycles. The summed E-state index contributed by atoms with van der Waals surface area (Å²) in [5.41, 5.74) is 2.54.